The fourth-order valence-electron chi connectivity index (χ4n) is 4.03. The van der Waals surface area contributed by atoms with Gasteiger partial charge in [-0.15, -0.1) is 0 Å². The number of imidazole rings is 1. The third kappa shape index (κ3) is 7.68. The normalized spacial score (nSPS) is 12.5. The molecule has 0 aliphatic rings. The van der Waals surface area contributed by atoms with Gasteiger partial charge in [-0.05, 0) is 62.4 Å². The molecule has 31 heavy (non-hydrogen) atoms. The van der Waals surface area contributed by atoms with E-state index in [1.807, 2.05) is 0 Å². The highest BCUT2D eigenvalue weighted by molar-refractivity contribution is 7.20. The summed E-state index contributed by atoms with van der Waals surface area (Å²) in [5, 5.41) is 0. The van der Waals surface area contributed by atoms with Gasteiger partial charge >= 0.3 is 0 Å². The molecule has 0 saturated carbocycles. The number of nitrogens with zero attached hydrogens (tertiary/aromatic N) is 2. The third-order valence-corrected chi connectivity index (χ3v) is 6.98. The number of thiazole rings is 1. The number of fused-ring (bicyclic) bond motifs is 1. The molecule has 3 rings (SSSR count). The highest BCUT2D eigenvalue weighted by atomic mass is 32.1. The largest absolute Gasteiger partial charge is 0.491 e. The summed E-state index contributed by atoms with van der Waals surface area (Å²) in [6.45, 7) is 6.70. The summed E-state index contributed by atoms with van der Waals surface area (Å²) in [7, 11) is 0. The van der Waals surface area contributed by atoms with E-state index in [4.69, 9.17) is 9.72 Å². The molecular formula is C27H40N2OS. The lowest BCUT2D eigenvalue weighted by Gasteiger charge is -2.14. The van der Waals surface area contributed by atoms with Crippen molar-refractivity contribution in [3.05, 3.63) is 42.4 Å². The van der Waals surface area contributed by atoms with Crippen LogP contribution < -0.4 is 4.74 Å². The molecule has 3 aromatic rings. The lowest BCUT2D eigenvalue weighted by molar-refractivity contribution is 0.206. The summed E-state index contributed by atoms with van der Waals surface area (Å²) in [5.41, 5.74) is 2.46. The number of benzene rings is 1. The second-order valence-electron chi connectivity index (χ2n) is 8.84. The number of hydrogen-bond acceptors (Lipinski definition) is 3. The minimum Gasteiger partial charge on any atom is -0.491 e. The standard InChI is InChI=1S/C27H40N2OS/c1-4-6-8-10-11-13-15-24-20-29-21-26(31-27(29)28-24)23-16-18-25(19-17-23)30-22(3)14-12-9-7-5-2/h16-22H,4-15H2,1-3H3/t22-/m0/s1. The zero-order chi connectivity index (χ0) is 21.9. The minimum absolute atomic E-state index is 0.276. The molecule has 0 unspecified atom stereocenters. The van der Waals surface area contributed by atoms with Crippen LogP contribution in [0.3, 0.4) is 0 Å². The van der Waals surface area contributed by atoms with Gasteiger partial charge in [0.25, 0.3) is 0 Å². The highest BCUT2D eigenvalue weighted by Crippen LogP contribution is 2.30. The maximum Gasteiger partial charge on any atom is 0.194 e. The van der Waals surface area contributed by atoms with E-state index in [0.29, 0.717) is 0 Å². The van der Waals surface area contributed by atoms with Gasteiger partial charge in [0.05, 0.1) is 16.7 Å². The Morgan fingerprint density at radius 2 is 1.55 bits per heavy atom. The molecule has 0 aliphatic heterocycles. The molecule has 4 heteroatoms. The summed E-state index contributed by atoms with van der Waals surface area (Å²) in [4.78, 5) is 7.20. The summed E-state index contributed by atoms with van der Waals surface area (Å²) in [6, 6.07) is 8.54. The maximum atomic E-state index is 6.10. The van der Waals surface area contributed by atoms with Crippen molar-refractivity contribution in [2.24, 2.45) is 0 Å². The predicted molar refractivity (Wildman–Crippen MR) is 134 cm³/mol. The van der Waals surface area contributed by atoms with Crippen molar-refractivity contribution in [2.45, 2.75) is 104 Å². The lowest BCUT2D eigenvalue weighted by Crippen LogP contribution is -2.11. The van der Waals surface area contributed by atoms with E-state index < -0.39 is 0 Å². The first kappa shape index (κ1) is 23.8. The van der Waals surface area contributed by atoms with E-state index in [-0.39, 0.29) is 6.10 Å². The average Bonchev–Trinajstić information content (AvgIpc) is 3.33. The van der Waals surface area contributed by atoms with E-state index in [9.17, 15) is 0 Å². The van der Waals surface area contributed by atoms with Crippen molar-refractivity contribution in [1.82, 2.24) is 9.38 Å². The topological polar surface area (TPSA) is 26.5 Å². The Bertz CT molecular complexity index is 849. The molecule has 2 aromatic heterocycles. The molecule has 1 aromatic carbocycles. The summed E-state index contributed by atoms with van der Waals surface area (Å²) < 4.78 is 8.29. The van der Waals surface area contributed by atoms with Crippen molar-refractivity contribution in [3.8, 4) is 16.2 Å². The molecule has 0 spiro atoms. The fraction of sp³-hybridized carbons (Fsp3) is 0.593. The summed E-state index contributed by atoms with van der Waals surface area (Å²) in [6.07, 6.45) is 20.1. The zero-order valence-corrected chi connectivity index (χ0v) is 20.6. The van der Waals surface area contributed by atoms with Crippen LogP contribution in [-0.4, -0.2) is 15.5 Å². The fourth-order valence-corrected chi connectivity index (χ4v) is 5.02. The lowest BCUT2D eigenvalue weighted by atomic mass is 10.1. The molecule has 3 nitrogen and oxygen atoms in total. The van der Waals surface area contributed by atoms with Crippen LogP contribution in [0.5, 0.6) is 5.75 Å². The average molecular weight is 441 g/mol. The first-order valence-electron chi connectivity index (χ1n) is 12.4. The second-order valence-corrected chi connectivity index (χ2v) is 9.85. The van der Waals surface area contributed by atoms with Crippen LogP contribution in [0.4, 0.5) is 0 Å². The van der Waals surface area contributed by atoms with Gasteiger partial charge in [-0.2, -0.15) is 0 Å². The maximum absolute atomic E-state index is 6.10. The molecule has 0 amide bonds. The Labute approximate surface area is 192 Å². The second kappa shape index (κ2) is 12.9. The van der Waals surface area contributed by atoms with E-state index in [1.165, 1.54) is 80.3 Å². The molecule has 1 atom stereocenters. The Morgan fingerprint density at radius 3 is 2.26 bits per heavy atom. The van der Waals surface area contributed by atoms with Gasteiger partial charge in [0.15, 0.2) is 4.96 Å². The molecule has 0 radical (unpaired) electrons. The van der Waals surface area contributed by atoms with E-state index in [2.05, 4.69) is 61.8 Å². The molecule has 0 bridgehead atoms. The van der Waals surface area contributed by atoms with Gasteiger partial charge in [-0.25, -0.2) is 4.98 Å². The third-order valence-electron chi connectivity index (χ3n) is 5.93. The molecule has 170 valence electrons. The Morgan fingerprint density at radius 1 is 0.871 bits per heavy atom. The summed E-state index contributed by atoms with van der Waals surface area (Å²) in [5.74, 6) is 0.967. The van der Waals surface area contributed by atoms with Crippen LogP contribution in [0.15, 0.2) is 36.7 Å². The van der Waals surface area contributed by atoms with Crippen LogP contribution in [0.1, 0.15) is 97.1 Å². The number of hydrogen-bond donors (Lipinski definition) is 0. The number of aromatic nitrogens is 2. The Balaban J connectivity index is 1.48. The first-order valence-corrected chi connectivity index (χ1v) is 13.3. The number of aryl methyl sites for hydroxylation is 1. The SMILES string of the molecule is CCCCCCCCc1cn2cc(-c3ccc(O[C@@H](C)CCCCCC)cc3)sc2n1. The zero-order valence-electron chi connectivity index (χ0n) is 19.7. The van der Waals surface area contributed by atoms with E-state index in [1.54, 1.807) is 11.3 Å². The first-order chi connectivity index (χ1) is 15.2. The van der Waals surface area contributed by atoms with Crippen molar-refractivity contribution < 1.29 is 4.74 Å². The van der Waals surface area contributed by atoms with Crippen molar-refractivity contribution in [1.29, 1.82) is 0 Å². The minimum atomic E-state index is 0.276. The van der Waals surface area contributed by atoms with Gasteiger partial charge in [0.1, 0.15) is 5.75 Å². The van der Waals surface area contributed by atoms with Gasteiger partial charge in [-0.1, -0.05) is 76.6 Å². The van der Waals surface area contributed by atoms with Crippen LogP contribution in [0, 0.1) is 0 Å². The molecule has 0 N–H and O–H groups in total. The molecule has 0 aliphatic carbocycles. The van der Waals surface area contributed by atoms with Gasteiger partial charge in [-0.3, -0.25) is 4.40 Å². The molecule has 0 fully saturated rings. The van der Waals surface area contributed by atoms with Crippen molar-refractivity contribution in [2.75, 3.05) is 0 Å². The molecule has 2 heterocycles. The predicted octanol–water partition coefficient (Wildman–Crippen LogP) is 8.70. The van der Waals surface area contributed by atoms with Crippen LogP contribution in [-0.2, 0) is 6.42 Å². The smallest absolute Gasteiger partial charge is 0.194 e. The number of rotatable bonds is 15. The van der Waals surface area contributed by atoms with Crippen molar-refractivity contribution in [3.63, 3.8) is 0 Å². The highest BCUT2D eigenvalue weighted by Gasteiger charge is 2.09. The molecule has 0 saturated heterocycles. The van der Waals surface area contributed by atoms with Gasteiger partial charge < -0.3 is 4.74 Å². The number of ether oxygens (including phenoxy) is 1. The van der Waals surface area contributed by atoms with E-state index >= 15 is 0 Å². The summed E-state index contributed by atoms with van der Waals surface area (Å²) >= 11 is 1.77. The van der Waals surface area contributed by atoms with E-state index in [0.717, 1.165) is 23.6 Å². The van der Waals surface area contributed by atoms with Crippen LogP contribution >= 0.6 is 11.3 Å². The quantitative estimate of drug-likeness (QED) is 0.221. The monoisotopic (exact) mass is 440 g/mol. The van der Waals surface area contributed by atoms with Crippen LogP contribution in [0.2, 0.25) is 0 Å². The van der Waals surface area contributed by atoms with Crippen LogP contribution in [0.25, 0.3) is 15.4 Å². The number of unbranched alkanes of at least 4 members (excludes halogenated alkanes) is 8. The Kier molecular flexibility index (Phi) is 9.92. The van der Waals surface area contributed by atoms with Gasteiger partial charge in [0.2, 0.25) is 0 Å². The molecular weight excluding hydrogens is 400 g/mol. The van der Waals surface area contributed by atoms with Crippen molar-refractivity contribution >= 4 is 16.3 Å². The van der Waals surface area contributed by atoms with Gasteiger partial charge in [0, 0.05) is 12.4 Å². The Hall–Kier alpha value is -1.81.